The van der Waals surface area contributed by atoms with Crippen LogP contribution in [-0.4, -0.2) is 45.3 Å². The van der Waals surface area contributed by atoms with Crippen molar-refractivity contribution in [2.45, 2.75) is 19.6 Å². The number of hydrogen-bond acceptors (Lipinski definition) is 8. The van der Waals surface area contributed by atoms with Crippen molar-refractivity contribution in [3.63, 3.8) is 0 Å². The van der Waals surface area contributed by atoms with Crippen LogP contribution < -0.4 is 10.1 Å². The quantitative estimate of drug-likeness (QED) is 0.493. The van der Waals surface area contributed by atoms with Gasteiger partial charge in [-0.25, -0.2) is 4.68 Å². The van der Waals surface area contributed by atoms with Gasteiger partial charge in [0, 0.05) is 16.8 Å². The van der Waals surface area contributed by atoms with Crippen LogP contribution >= 0.6 is 0 Å². The van der Waals surface area contributed by atoms with Crippen molar-refractivity contribution in [3.8, 4) is 5.75 Å². The Morgan fingerprint density at radius 2 is 2.03 bits per heavy atom. The van der Waals surface area contributed by atoms with Crippen LogP contribution in [0, 0.1) is 0 Å². The maximum Gasteiger partial charge on any atom is 0.328 e. The van der Waals surface area contributed by atoms with Crippen molar-refractivity contribution in [1.29, 1.82) is 0 Å². The number of anilines is 1. The Morgan fingerprint density at radius 3 is 2.79 bits per heavy atom. The molecular weight excluding hydrogens is 378 g/mol. The SMILES string of the molecule is COc1cc2c(cc1NC(=O)[C@H](C)OC(=O)Cn1cnnn1)oc1ccccc12. The predicted octanol–water partition coefficient (Wildman–Crippen LogP) is 2.15. The van der Waals surface area contributed by atoms with E-state index >= 15 is 0 Å². The molecule has 10 heteroatoms. The minimum absolute atomic E-state index is 0.196. The number of tetrazole rings is 1. The number of carbonyl (C=O) groups is 2. The van der Waals surface area contributed by atoms with Gasteiger partial charge in [0.05, 0.1) is 12.8 Å². The first-order valence-electron chi connectivity index (χ1n) is 8.75. The molecule has 0 unspecified atom stereocenters. The molecule has 29 heavy (non-hydrogen) atoms. The van der Waals surface area contributed by atoms with Crippen molar-refractivity contribution in [1.82, 2.24) is 20.2 Å². The number of para-hydroxylation sites is 1. The van der Waals surface area contributed by atoms with Crippen LogP contribution in [0.5, 0.6) is 5.75 Å². The smallest absolute Gasteiger partial charge is 0.328 e. The third kappa shape index (κ3) is 3.72. The normalized spacial score (nSPS) is 12.1. The van der Waals surface area contributed by atoms with Gasteiger partial charge in [0.2, 0.25) is 0 Å². The lowest BCUT2D eigenvalue weighted by atomic mass is 10.1. The largest absolute Gasteiger partial charge is 0.495 e. The summed E-state index contributed by atoms with van der Waals surface area (Å²) in [7, 11) is 1.51. The molecule has 4 rings (SSSR count). The van der Waals surface area contributed by atoms with E-state index in [1.807, 2.05) is 24.3 Å². The summed E-state index contributed by atoms with van der Waals surface area (Å²) in [6, 6.07) is 11.1. The molecule has 0 radical (unpaired) electrons. The van der Waals surface area contributed by atoms with Crippen LogP contribution in [0.15, 0.2) is 47.1 Å². The highest BCUT2D eigenvalue weighted by Crippen LogP contribution is 2.36. The minimum Gasteiger partial charge on any atom is -0.495 e. The molecule has 4 aromatic rings. The summed E-state index contributed by atoms with van der Waals surface area (Å²) in [6.07, 6.45) is 0.245. The number of benzene rings is 2. The monoisotopic (exact) mass is 395 g/mol. The molecule has 148 valence electrons. The number of amides is 1. The second kappa shape index (κ2) is 7.58. The van der Waals surface area contributed by atoms with Crippen LogP contribution in [0.1, 0.15) is 6.92 Å². The van der Waals surface area contributed by atoms with Crippen LogP contribution in [0.2, 0.25) is 0 Å². The van der Waals surface area contributed by atoms with E-state index in [-0.39, 0.29) is 6.54 Å². The van der Waals surface area contributed by atoms with Crippen LogP contribution in [0.4, 0.5) is 5.69 Å². The fourth-order valence-corrected chi connectivity index (χ4v) is 2.93. The Kier molecular flexibility index (Phi) is 4.82. The molecule has 0 spiro atoms. The highest BCUT2D eigenvalue weighted by atomic mass is 16.5. The number of rotatable bonds is 6. The third-order valence-electron chi connectivity index (χ3n) is 4.32. The highest BCUT2D eigenvalue weighted by Gasteiger charge is 2.21. The van der Waals surface area contributed by atoms with E-state index in [2.05, 4.69) is 20.8 Å². The maximum absolute atomic E-state index is 12.5. The second-order valence-corrected chi connectivity index (χ2v) is 6.28. The van der Waals surface area contributed by atoms with Crippen molar-refractivity contribution >= 4 is 39.5 Å². The van der Waals surface area contributed by atoms with Crippen LogP contribution in [0.3, 0.4) is 0 Å². The van der Waals surface area contributed by atoms with Gasteiger partial charge in [0.1, 0.15) is 29.8 Å². The summed E-state index contributed by atoms with van der Waals surface area (Å²) in [5, 5.41) is 15.0. The van der Waals surface area contributed by atoms with E-state index in [0.29, 0.717) is 17.0 Å². The third-order valence-corrected chi connectivity index (χ3v) is 4.32. The summed E-state index contributed by atoms with van der Waals surface area (Å²) in [4.78, 5) is 24.4. The van der Waals surface area contributed by atoms with E-state index in [1.165, 1.54) is 25.0 Å². The van der Waals surface area contributed by atoms with Gasteiger partial charge in [-0.3, -0.25) is 9.59 Å². The number of furan rings is 1. The molecule has 1 N–H and O–H groups in total. The molecule has 2 aromatic carbocycles. The molecule has 0 aliphatic carbocycles. The number of methoxy groups -OCH3 is 1. The molecular formula is C19H17N5O5. The number of hydrogen-bond donors (Lipinski definition) is 1. The van der Waals surface area contributed by atoms with Gasteiger partial charge in [-0.15, -0.1) is 5.10 Å². The Hall–Kier alpha value is -3.95. The summed E-state index contributed by atoms with van der Waals surface area (Å²) < 4.78 is 17.6. The van der Waals surface area contributed by atoms with E-state index in [9.17, 15) is 9.59 Å². The number of aromatic nitrogens is 4. The first kappa shape index (κ1) is 18.4. The van der Waals surface area contributed by atoms with Crippen molar-refractivity contribution in [2.75, 3.05) is 12.4 Å². The molecule has 0 fully saturated rings. The van der Waals surface area contributed by atoms with E-state index in [0.717, 1.165) is 16.4 Å². The number of carbonyl (C=O) groups excluding carboxylic acids is 2. The fraction of sp³-hybridized carbons (Fsp3) is 0.211. The Morgan fingerprint density at radius 1 is 1.21 bits per heavy atom. The van der Waals surface area contributed by atoms with E-state index in [4.69, 9.17) is 13.9 Å². The van der Waals surface area contributed by atoms with E-state index in [1.54, 1.807) is 12.1 Å². The summed E-state index contributed by atoms with van der Waals surface area (Å²) in [5.41, 5.74) is 1.75. The van der Waals surface area contributed by atoms with Crippen molar-refractivity contribution < 1.29 is 23.5 Å². The van der Waals surface area contributed by atoms with Crippen molar-refractivity contribution in [2.24, 2.45) is 0 Å². The topological polar surface area (TPSA) is 121 Å². The van der Waals surface area contributed by atoms with Gasteiger partial charge < -0.3 is 19.2 Å². The summed E-state index contributed by atoms with van der Waals surface area (Å²) >= 11 is 0. The lowest BCUT2D eigenvalue weighted by molar-refractivity contribution is -0.153. The predicted molar refractivity (Wildman–Crippen MR) is 102 cm³/mol. The van der Waals surface area contributed by atoms with Gasteiger partial charge in [0.25, 0.3) is 5.91 Å². The first-order chi connectivity index (χ1) is 14.0. The average Bonchev–Trinajstić information content (AvgIpc) is 3.34. The second-order valence-electron chi connectivity index (χ2n) is 6.28. The van der Waals surface area contributed by atoms with Crippen LogP contribution in [0.25, 0.3) is 21.9 Å². The molecule has 0 aliphatic heterocycles. The molecule has 0 bridgehead atoms. The molecule has 1 atom stereocenters. The molecule has 2 aromatic heterocycles. The summed E-state index contributed by atoms with van der Waals surface area (Å²) in [6.45, 7) is 1.28. The average molecular weight is 395 g/mol. The molecule has 0 saturated carbocycles. The lowest BCUT2D eigenvalue weighted by Gasteiger charge is -2.15. The zero-order valence-corrected chi connectivity index (χ0v) is 15.7. The molecule has 2 heterocycles. The standard InChI is InChI=1S/C19H17N5O5/c1-11(28-18(25)9-24-10-20-22-23-24)19(26)21-14-8-16-13(7-17(14)27-2)12-5-3-4-6-15(12)29-16/h3-8,10-11H,9H2,1-2H3,(H,21,26)/t11-/m0/s1. The molecule has 0 saturated heterocycles. The van der Waals surface area contributed by atoms with Crippen molar-refractivity contribution in [3.05, 3.63) is 42.7 Å². The first-order valence-corrected chi connectivity index (χ1v) is 8.75. The zero-order chi connectivity index (χ0) is 20.4. The molecule has 10 nitrogen and oxygen atoms in total. The Labute approximate surface area is 164 Å². The Balaban J connectivity index is 1.52. The number of fused-ring (bicyclic) bond motifs is 3. The van der Waals surface area contributed by atoms with Gasteiger partial charge in [0.15, 0.2) is 6.10 Å². The number of ether oxygens (including phenoxy) is 2. The fourth-order valence-electron chi connectivity index (χ4n) is 2.93. The molecule has 1 amide bonds. The maximum atomic E-state index is 12.5. The highest BCUT2D eigenvalue weighted by molar-refractivity contribution is 6.08. The van der Waals surface area contributed by atoms with Crippen LogP contribution in [-0.2, 0) is 20.9 Å². The Bertz CT molecular complexity index is 1180. The van der Waals surface area contributed by atoms with E-state index < -0.39 is 18.0 Å². The van der Waals surface area contributed by atoms with Gasteiger partial charge >= 0.3 is 5.97 Å². The summed E-state index contributed by atoms with van der Waals surface area (Å²) in [5.74, 6) is -0.687. The van der Waals surface area contributed by atoms with Gasteiger partial charge in [-0.1, -0.05) is 18.2 Å². The number of nitrogens with one attached hydrogen (secondary N) is 1. The molecule has 0 aliphatic rings. The zero-order valence-electron chi connectivity index (χ0n) is 15.7. The van der Waals surface area contributed by atoms with Gasteiger partial charge in [-0.05, 0) is 29.5 Å². The number of nitrogens with zero attached hydrogens (tertiary/aromatic N) is 4. The minimum atomic E-state index is -1.03. The van der Waals surface area contributed by atoms with Gasteiger partial charge in [-0.2, -0.15) is 0 Å². The lowest BCUT2D eigenvalue weighted by Crippen LogP contribution is -2.31. The number of esters is 1.